The molecule has 2 aromatic rings. The number of benzene rings is 2. The Morgan fingerprint density at radius 2 is 1.90 bits per heavy atom. The fourth-order valence-electron chi connectivity index (χ4n) is 2.00. The van der Waals surface area contributed by atoms with E-state index >= 15 is 0 Å². The Morgan fingerprint density at radius 3 is 2.52 bits per heavy atom. The number of sulfonamides is 1. The van der Waals surface area contributed by atoms with Crippen molar-refractivity contribution in [3.8, 4) is 0 Å². The van der Waals surface area contributed by atoms with Crippen molar-refractivity contribution >= 4 is 31.6 Å². The summed E-state index contributed by atoms with van der Waals surface area (Å²) in [6.45, 7) is 2.60. The molecule has 0 aliphatic heterocycles. The van der Waals surface area contributed by atoms with Gasteiger partial charge in [0.2, 0.25) is 0 Å². The Labute approximate surface area is 133 Å². The number of anilines is 1. The van der Waals surface area contributed by atoms with Gasteiger partial charge in [-0.3, -0.25) is 4.72 Å². The summed E-state index contributed by atoms with van der Waals surface area (Å²) in [5.74, 6) is 0. The largest absolute Gasteiger partial charge is 0.316 e. The van der Waals surface area contributed by atoms with Gasteiger partial charge in [-0.25, -0.2) is 8.42 Å². The van der Waals surface area contributed by atoms with Crippen LogP contribution < -0.4 is 10.0 Å². The Bertz CT molecular complexity index is 745. The Balaban J connectivity index is 2.31. The molecule has 2 N–H and O–H groups in total. The fraction of sp³-hybridized carbons (Fsp3) is 0.200. The molecule has 2 aromatic carbocycles. The van der Waals surface area contributed by atoms with Gasteiger partial charge in [0.15, 0.2) is 0 Å². The first-order valence-corrected chi connectivity index (χ1v) is 8.72. The van der Waals surface area contributed by atoms with Gasteiger partial charge in [0.1, 0.15) is 4.90 Å². The highest BCUT2D eigenvalue weighted by Gasteiger charge is 2.18. The van der Waals surface area contributed by atoms with Crippen molar-refractivity contribution in [1.29, 1.82) is 0 Å². The first-order chi connectivity index (χ1) is 9.92. The van der Waals surface area contributed by atoms with Crippen LogP contribution in [0.25, 0.3) is 0 Å². The second kappa shape index (κ2) is 6.60. The summed E-state index contributed by atoms with van der Waals surface area (Å²) in [6.07, 6.45) is 0. The van der Waals surface area contributed by atoms with E-state index in [0.29, 0.717) is 16.7 Å². The lowest BCUT2D eigenvalue weighted by molar-refractivity contribution is 0.600. The van der Waals surface area contributed by atoms with E-state index in [1.165, 1.54) is 0 Å². The zero-order chi connectivity index (χ0) is 15.5. The van der Waals surface area contributed by atoms with Crippen LogP contribution in [0, 0.1) is 6.92 Å². The summed E-state index contributed by atoms with van der Waals surface area (Å²) in [7, 11) is -1.76. The molecule has 0 saturated heterocycles. The second-order valence-corrected chi connectivity index (χ2v) is 7.28. The second-order valence-electron chi connectivity index (χ2n) is 4.77. The van der Waals surface area contributed by atoms with Crippen molar-refractivity contribution in [2.75, 3.05) is 11.8 Å². The van der Waals surface area contributed by atoms with Crippen LogP contribution in [0.4, 0.5) is 5.69 Å². The van der Waals surface area contributed by atoms with Gasteiger partial charge in [0.25, 0.3) is 10.0 Å². The normalized spacial score (nSPS) is 11.4. The zero-order valence-corrected chi connectivity index (χ0v) is 14.3. The van der Waals surface area contributed by atoms with Crippen molar-refractivity contribution in [1.82, 2.24) is 5.32 Å². The van der Waals surface area contributed by atoms with E-state index in [4.69, 9.17) is 0 Å². The molecule has 0 saturated carbocycles. The van der Waals surface area contributed by atoms with Gasteiger partial charge < -0.3 is 5.32 Å². The molecule has 112 valence electrons. The maximum absolute atomic E-state index is 12.4. The molecule has 0 atom stereocenters. The topological polar surface area (TPSA) is 58.2 Å². The van der Waals surface area contributed by atoms with Crippen LogP contribution in [0.2, 0.25) is 0 Å². The Kier molecular flexibility index (Phi) is 5.03. The molecule has 0 fully saturated rings. The molecule has 0 aliphatic rings. The molecule has 0 aliphatic carbocycles. The Hall–Kier alpha value is -1.37. The maximum Gasteiger partial charge on any atom is 0.263 e. The van der Waals surface area contributed by atoms with Gasteiger partial charge in [-0.1, -0.05) is 18.2 Å². The van der Waals surface area contributed by atoms with Crippen molar-refractivity contribution < 1.29 is 8.42 Å². The molecular weight excluding hydrogens is 352 g/mol. The first kappa shape index (κ1) is 16.0. The van der Waals surface area contributed by atoms with E-state index in [1.54, 1.807) is 30.3 Å². The molecule has 0 heterocycles. The van der Waals surface area contributed by atoms with E-state index in [9.17, 15) is 8.42 Å². The molecule has 4 nitrogen and oxygen atoms in total. The number of hydrogen-bond donors (Lipinski definition) is 2. The summed E-state index contributed by atoms with van der Waals surface area (Å²) >= 11 is 3.33. The zero-order valence-electron chi connectivity index (χ0n) is 11.9. The van der Waals surface area contributed by atoms with Crippen molar-refractivity contribution in [2.45, 2.75) is 18.4 Å². The van der Waals surface area contributed by atoms with Crippen LogP contribution >= 0.6 is 15.9 Å². The number of aryl methyl sites for hydroxylation is 1. The van der Waals surface area contributed by atoms with Crippen molar-refractivity contribution in [2.24, 2.45) is 0 Å². The molecule has 0 unspecified atom stereocenters. The van der Waals surface area contributed by atoms with Gasteiger partial charge in [-0.15, -0.1) is 0 Å². The summed E-state index contributed by atoms with van der Waals surface area (Å²) in [5.41, 5.74) is 2.57. The van der Waals surface area contributed by atoms with Crippen LogP contribution in [0.1, 0.15) is 11.1 Å². The average molecular weight is 369 g/mol. The molecule has 0 aromatic heterocycles. The molecular formula is C15H17BrN2O2S. The van der Waals surface area contributed by atoms with Gasteiger partial charge >= 0.3 is 0 Å². The van der Waals surface area contributed by atoms with E-state index in [1.807, 2.05) is 26.1 Å². The number of nitrogens with one attached hydrogen (secondary N) is 2. The van der Waals surface area contributed by atoms with Crippen LogP contribution in [0.15, 0.2) is 51.8 Å². The van der Waals surface area contributed by atoms with Crippen LogP contribution in [-0.4, -0.2) is 15.5 Å². The molecule has 0 spiro atoms. The third kappa shape index (κ3) is 4.06. The number of rotatable bonds is 5. The predicted molar refractivity (Wildman–Crippen MR) is 88.9 cm³/mol. The van der Waals surface area contributed by atoms with Crippen molar-refractivity contribution in [3.63, 3.8) is 0 Å². The predicted octanol–water partition coefficient (Wildman–Crippen LogP) is 3.28. The quantitative estimate of drug-likeness (QED) is 0.851. The minimum Gasteiger partial charge on any atom is -0.316 e. The Morgan fingerprint density at radius 1 is 1.14 bits per heavy atom. The summed E-state index contributed by atoms with van der Waals surface area (Å²) in [4.78, 5) is 0.226. The monoisotopic (exact) mass is 368 g/mol. The molecule has 0 bridgehead atoms. The van der Waals surface area contributed by atoms with Gasteiger partial charge in [0.05, 0.1) is 0 Å². The van der Waals surface area contributed by atoms with Crippen LogP contribution in [0.5, 0.6) is 0 Å². The minimum atomic E-state index is -3.61. The molecule has 0 radical (unpaired) electrons. The van der Waals surface area contributed by atoms with Crippen LogP contribution in [0.3, 0.4) is 0 Å². The number of halogens is 1. The molecule has 6 heteroatoms. The van der Waals surface area contributed by atoms with Crippen molar-refractivity contribution in [3.05, 3.63) is 58.1 Å². The van der Waals surface area contributed by atoms with E-state index in [-0.39, 0.29) is 4.90 Å². The SMILES string of the molecule is CNCc1ccc(S(=O)(=O)Nc2cccc(C)c2)c(Br)c1. The maximum atomic E-state index is 12.4. The van der Waals surface area contributed by atoms with E-state index < -0.39 is 10.0 Å². The van der Waals surface area contributed by atoms with E-state index in [2.05, 4.69) is 26.0 Å². The van der Waals surface area contributed by atoms with Gasteiger partial charge in [0, 0.05) is 16.7 Å². The van der Waals surface area contributed by atoms with E-state index in [0.717, 1.165) is 11.1 Å². The summed E-state index contributed by atoms with van der Waals surface area (Å²) in [6, 6.07) is 12.5. The third-order valence-electron chi connectivity index (χ3n) is 2.94. The average Bonchev–Trinajstić information content (AvgIpc) is 2.38. The summed E-state index contributed by atoms with van der Waals surface area (Å²) in [5, 5.41) is 3.03. The lowest BCUT2D eigenvalue weighted by Gasteiger charge is -2.11. The molecule has 21 heavy (non-hydrogen) atoms. The first-order valence-electron chi connectivity index (χ1n) is 6.45. The highest BCUT2D eigenvalue weighted by atomic mass is 79.9. The third-order valence-corrected chi connectivity index (χ3v) is 5.29. The lowest BCUT2D eigenvalue weighted by atomic mass is 10.2. The van der Waals surface area contributed by atoms with Crippen LogP contribution in [-0.2, 0) is 16.6 Å². The molecule has 0 amide bonds. The van der Waals surface area contributed by atoms with Gasteiger partial charge in [-0.05, 0) is 65.3 Å². The summed E-state index contributed by atoms with van der Waals surface area (Å²) < 4.78 is 28.0. The standard InChI is InChI=1S/C15H17BrN2O2S/c1-11-4-3-5-13(8-11)18-21(19,20)15-7-6-12(10-17-2)9-14(15)16/h3-9,17-18H,10H2,1-2H3. The smallest absolute Gasteiger partial charge is 0.263 e. The number of hydrogen-bond acceptors (Lipinski definition) is 3. The molecule has 2 rings (SSSR count). The fourth-order valence-corrected chi connectivity index (χ4v) is 4.17. The lowest BCUT2D eigenvalue weighted by Crippen LogP contribution is -2.14. The highest BCUT2D eigenvalue weighted by molar-refractivity contribution is 9.10. The highest BCUT2D eigenvalue weighted by Crippen LogP contribution is 2.25. The van der Waals surface area contributed by atoms with Gasteiger partial charge in [-0.2, -0.15) is 0 Å². The minimum absolute atomic E-state index is 0.226.